The lowest BCUT2D eigenvalue weighted by atomic mass is 9.80. The number of carbonyl (C=O) groups is 1. The lowest BCUT2D eigenvalue weighted by molar-refractivity contribution is 0.0166. The third-order valence-corrected chi connectivity index (χ3v) is 6.19. The van der Waals surface area contributed by atoms with E-state index < -0.39 is 0 Å². The molecule has 1 amide bonds. The first-order valence-electron chi connectivity index (χ1n) is 9.75. The highest BCUT2D eigenvalue weighted by Gasteiger charge is 2.46. The van der Waals surface area contributed by atoms with Gasteiger partial charge in [0.25, 0.3) is 5.91 Å². The van der Waals surface area contributed by atoms with Crippen molar-refractivity contribution in [2.45, 2.75) is 64.5 Å². The number of amides is 1. The number of nitrogens with one attached hydrogen (secondary N) is 2. The molecule has 0 radical (unpaired) electrons. The summed E-state index contributed by atoms with van der Waals surface area (Å²) in [5.74, 6) is 1.57. The molecule has 4 heteroatoms. The summed E-state index contributed by atoms with van der Waals surface area (Å²) in [6.07, 6.45) is 9.87. The molecule has 0 bridgehead atoms. The largest absolute Gasteiger partial charge is 0.361 e. The van der Waals surface area contributed by atoms with E-state index in [1.54, 1.807) is 0 Å². The van der Waals surface area contributed by atoms with Gasteiger partial charge in [0.2, 0.25) is 0 Å². The molecule has 4 rings (SSSR count). The molecule has 2 N–H and O–H groups in total. The fraction of sp³-hybridized carbons (Fsp3) is 0.571. The second-order valence-electron chi connectivity index (χ2n) is 8.25. The number of anilines is 1. The van der Waals surface area contributed by atoms with Crippen molar-refractivity contribution in [3.8, 4) is 0 Å². The molecule has 1 aromatic carbocycles. The summed E-state index contributed by atoms with van der Waals surface area (Å²) >= 11 is 0. The van der Waals surface area contributed by atoms with Crippen LogP contribution >= 0.6 is 0 Å². The fourth-order valence-corrected chi connectivity index (χ4v) is 4.36. The van der Waals surface area contributed by atoms with Crippen LogP contribution in [0.2, 0.25) is 0 Å². The third kappa shape index (κ3) is 3.03. The number of hydrogen-bond donors (Lipinski definition) is 2. The molecular formula is C21H29N3O. The van der Waals surface area contributed by atoms with Crippen molar-refractivity contribution >= 4 is 11.6 Å². The molecule has 1 aliphatic heterocycles. The first kappa shape index (κ1) is 16.5. The number of hydrogen-bond acceptors (Lipinski definition) is 3. The normalized spacial score (nSPS) is 32.0. The van der Waals surface area contributed by atoms with Crippen molar-refractivity contribution in [1.82, 2.24) is 10.4 Å². The van der Waals surface area contributed by atoms with Gasteiger partial charge in [-0.2, -0.15) is 0 Å². The minimum Gasteiger partial charge on any atom is -0.361 e. The number of fused-ring (bicyclic) bond motifs is 1. The van der Waals surface area contributed by atoms with Crippen LogP contribution in [-0.4, -0.2) is 16.6 Å². The van der Waals surface area contributed by atoms with E-state index in [9.17, 15) is 4.79 Å². The van der Waals surface area contributed by atoms with Gasteiger partial charge in [-0.1, -0.05) is 32.1 Å². The molecule has 1 atom stereocenters. The third-order valence-electron chi connectivity index (χ3n) is 6.19. The van der Waals surface area contributed by atoms with Gasteiger partial charge in [-0.25, -0.2) is 5.01 Å². The van der Waals surface area contributed by atoms with E-state index in [-0.39, 0.29) is 11.6 Å². The summed E-state index contributed by atoms with van der Waals surface area (Å²) in [4.78, 5) is 13.3. The molecule has 2 aliphatic carbocycles. The SMILES string of the molecule is CC1CCC2(CC1)Nc1ccccc1C(=O)N2NC1=CC[C@@H](C)CC1. The monoisotopic (exact) mass is 339 g/mol. The van der Waals surface area contributed by atoms with Gasteiger partial charge in [0, 0.05) is 11.4 Å². The molecule has 25 heavy (non-hydrogen) atoms. The lowest BCUT2D eigenvalue weighted by Gasteiger charge is -2.51. The zero-order valence-corrected chi connectivity index (χ0v) is 15.3. The predicted octanol–water partition coefficient (Wildman–Crippen LogP) is 4.67. The number of carbonyl (C=O) groups excluding carboxylic acids is 1. The molecular weight excluding hydrogens is 310 g/mol. The van der Waals surface area contributed by atoms with Gasteiger partial charge in [-0.3, -0.25) is 10.2 Å². The first-order valence-corrected chi connectivity index (χ1v) is 9.75. The Morgan fingerprint density at radius 2 is 1.88 bits per heavy atom. The summed E-state index contributed by atoms with van der Waals surface area (Å²) in [6.45, 7) is 4.61. The Hall–Kier alpha value is -1.97. The molecule has 3 aliphatic rings. The van der Waals surface area contributed by atoms with E-state index in [1.165, 1.54) is 12.1 Å². The average molecular weight is 339 g/mol. The number of benzene rings is 1. The van der Waals surface area contributed by atoms with E-state index in [0.29, 0.717) is 0 Å². The smallest absolute Gasteiger partial charge is 0.276 e. The minimum absolute atomic E-state index is 0.100. The van der Waals surface area contributed by atoms with Crippen LogP contribution in [0, 0.1) is 11.8 Å². The van der Waals surface area contributed by atoms with E-state index in [2.05, 4.69) is 30.7 Å². The van der Waals surface area contributed by atoms with Crippen LogP contribution in [0.3, 0.4) is 0 Å². The van der Waals surface area contributed by atoms with E-state index in [4.69, 9.17) is 0 Å². The molecule has 1 saturated carbocycles. The van der Waals surface area contributed by atoms with Gasteiger partial charge in [-0.15, -0.1) is 0 Å². The fourth-order valence-electron chi connectivity index (χ4n) is 4.36. The zero-order chi connectivity index (χ0) is 17.4. The van der Waals surface area contributed by atoms with Crippen LogP contribution in [0.25, 0.3) is 0 Å². The predicted molar refractivity (Wildman–Crippen MR) is 101 cm³/mol. The van der Waals surface area contributed by atoms with Crippen molar-refractivity contribution < 1.29 is 4.79 Å². The van der Waals surface area contributed by atoms with Gasteiger partial charge in [-0.05, 0) is 68.9 Å². The van der Waals surface area contributed by atoms with E-state index in [1.807, 2.05) is 29.3 Å². The summed E-state index contributed by atoms with van der Waals surface area (Å²) in [5, 5.41) is 5.65. The number of rotatable bonds is 2. The van der Waals surface area contributed by atoms with Gasteiger partial charge in [0.1, 0.15) is 5.66 Å². The second-order valence-corrected chi connectivity index (χ2v) is 8.25. The summed E-state index contributed by atoms with van der Waals surface area (Å²) in [5.41, 5.74) is 6.17. The maximum absolute atomic E-state index is 13.3. The van der Waals surface area contributed by atoms with Crippen LogP contribution in [0.1, 0.15) is 69.2 Å². The van der Waals surface area contributed by atoms with Gasteiger partial charge in [0.15, 0.2) is 0 Å². The summed E-state index contributed by atoms with van der Waals surface area (Å²) < 4.78 is 0. The van der Waals surface area contributed by atoms with Crippen LogP contribution in [0.5, 0.6) is 0 Å². The molecule has 1 fully saturated rings. The number of para-hydroxylation sites is 1. The number of hydrazine groups is 1. The van der Waals surface area contributed by atoms with Crippen molar-refractivity contribution in [2.24, 2.45) is 11.8 Å². The van der Waals surface area contributed by atoms with Crippen LogP contribution in [-0.2, 0) is 0 Å². The highest BCUT2D eigenvalue weighted by atomic mass is 16.2. The van der Waals surface area contributed by atoms with Crippen molar-refractivity contribution in [3.63, 3.8) is 0 Å². The molecule has 1 spiro atoms. The number of nitrogens with zero attached hydrogens (tertiary/aromatic N) is 1. The Balaban J connectivity index is 1.66. The van der Waals surface area contributed by atoms with E-state index >= 15 is 0 Å². The summed E-state index contributed by atoms with van der Waals surface area (Å²) in [6, 6.07) is 7.91. The van der Waals surface area contributed by atoms with Gasteiger partial charge < -0.3 is 5.32 Å². The molecule has 134 valence electrons. The second kappa shape index (κ2) is 6.40. The average Bonchev–Trinajstić information content (AvgIpc) is 2.63. The van der Waals surface area contributed by atoms with Crippen LogP contribution < -0.4 is 10.7 Å². The van der Waals surface area contributed by atoms with Crippen molar-refractivity contribution in [2.75, 3.05) is 5.32 Å². The highest BCUT2D eigenvalue weighted by molar-refractivity contribution is 6.02. The zero-order valence-electron chi connectivity index (χ0n) is 15.3. The van der Waals surface area contributed by atoms with Crippen LogP contribution in [0.15, 0.2) is 36.0 Å². The van der Waals surface area contributed by atoms with Crippen molar-refractivity contribution in [1.29, 1.82) is 0 Å². The maximum Gasteiger partial charge on any atom is 0.276 e. The first-order chi connectivity index (χ1) is 12.1. The Morgan fingerprint density at radius 1 is 1.12 bits per heavy atom. The minimum atomic E-state index is -0.304. The Bertz CT molecular complexity index is 688. The molecule has 1 heterocycles. The molecule has 1 aromatic rings. The Morgan fingerprint density at radius 3 is 2.60 bits per heavy atom. The molecule has 4 nitrogen and oxygen atoms in total. The van der Waals surface area contributed by atoms with E-state index in [0.717, 1.165) is 61.6 Å². The Labute approximate surface area is 150 Å². The lowest BCUT2D eigenvalue weighted by Crippen LogP contribution is -2.65. The molecule has 0 saturated heterocycles. The summed E-state index contributed by atoms with van der Waals surface area (Å²) in [7, 11) is 0. The van der Waals surface area contributed by atoms with Gasteiger partial charge >= 0.3 is 0 Å². The maximum atomic E-state index is 13.3. The van der Waals surface area contributed by atoms with Crippen molar-refractivity contribution in [3.05, 3.63) is 41.6 Å². The van der Waals surface area contributed by atoms with Crippen LogP contribution in [0.4, 0.5) is 5.69 Å². The Kier molecular flexibility index (Phi) is 4.22. The molecule has 0 aromatic heterocycles. The highest BCUT2D eigenvalue weighted by Crippen LogP contribution is 2.41. The van der Waals surface area contributed by atoms with Gasteiger partial charge in [0.05, 0.1) is 5.56 Å². The number of allylic oxidation sites excluding steroid dienone is 2. The molecule has 0 unspecified atom stereocenters. The standard InChI is InChI=1S/C21H29N3O/c1-15-7-9-17(10-8-15)23-24-20(25)18-5-3-4-6-19(18)22-21(24)13-11-16(2)12-14-21/h3-6,9,15-16,22-23H,7-8,10-14H2,1-2H3/t15-,16?,21?/m1/s1. The topological polar surface area (TPSA) is 44.4 Å². The quantitative estimate of drug-likeness (QED) is 0.823.